The molecule has 0 radical (unpaired) electrons. The number of hydrogen-bond acceptors (Lipinski definition) is 2. The first-order chi connectivity index (χ1) is 11.8. The SMILES string of the molecule is CCN1CCCC(CNC(=NC)NCC2(c3ccccc3)CC2)C1. The van der Waals surface area contributed by atoms with E-state index in [4.69, 9.17) is 0 Å². The Bertz CT molecular complexity index is 536. The molecule has 0 aromatic heterocycles. The summed E-state index contributed by atoms with van der Waals surface area (Å²) in [6.45, 7) is 7.91. The Morgan fingerprint density at radius 3 is 2.71 bits per heavy atom. The van der Waals surface area contributed by atoms with Gasteiger partial charge < -0.3 is 15.5 Å². The van der Waals surface area contributed by atoms with Gasteiger partial charge >= 0.3 is 0 Å². The van der Waals surface area contributed by atoms with E-state index in [1.807, 2.05) is 7.05 Å². The van der Waals surface area contributed by atoms with Crippen LogP contribution in [-0.2, 0) is 5.41 Å². The molecule has 0 spiro atoms. The van der Waals surface area contributed by atoms with Crippen LogP contribution in [0, 0.1) is 5.92 Å². The minimum absolute atomic E-state index is 0.322. The molecule has 0 amide bonds. The van der Waals surface area contributed by atoms with Gasteiger partial charge in [-0.25, -0.2) is 0 Å². The van der Waals surface area contributed by atoms with Crippen LogP contribution in [0.4, 0.5) is 0 Å². The second-order valence-electron chi connectivity index (χ2n) is 7.35. The highest BCUT2D eigenvalue weighted by molar-refractivity contribution is 5.79. The third kappa shape index (κ3) is 4.29. The summed E-state index contributed by atoms with van der Waals surface area (Å²) >= 11 is 0. The number of hydrogen-bond donors (Lipinski definition) is 2. The summed E-state index contributed by atoms with van der Waals surface area (Å²) in [5.74, 6) is 1.69. The topological polar surface area (TPSA) is 39.7 Å². The highest BCUT2D eigenvalue weighted by atomic mass is 15.2. The lowest BCUT2D eigenvalue weighted by Crippen LogP contribution is -2.45. The molecule has 1 unspecified atom stereocenters. The third-order valence-corrected chi connectivity index (χ3v) is 5.67. The van der Waals surface area contributed by atoms with Crippen LogP contribution in [0.15, 0.2) is 35.3 Å². The zero-order valence-electron chi connectivity index (χ0n) is 15.2. The van der Waals surface area contributed by atoms with Gasteiger partial charge in [-0.05, 0) is 50.3 Å². The Kier molecular flexibility index (Phi) is 5.77. The molecule has 24 heavy (non-hydrogen) atoms. The summed E-state index contributed by atoms with van der Waals surface area (Å²) in [6, 6.07) is 10.9. The molecule has 1 aromatic carbocycles. The lowest BCUT2D eigenvalue weighted by molar-refractivity contribution is 0.183. The number of rotatable bonds is 6. The monoisotopic (exact) mass is 328 g/mol. The van der Waals surface area contributed by atoms with Gasteiger partial charge in [0.1, 0.15) is 0 Å². The average molecular weight is 329 g/mol. The maximum Gasteiger partial charge on any atom is 0.191 e. The number of piperidine rings is 1. The van der Waals surface area contributed by atoms with Gasteiger partial charge in [-0.1, -0.05) is 37.3 Å². The second kappa shape index (κ2) is 8.02. The molecule has 2 fully saturated rings. The van der Waals surface area contributed by atoms with Crippen molar-refractivity contribution in [3.63, 3.8) is 0 Å². The maximum absolute atomic E-state index is 4.42. The molecular weight excluding hydrogens is 296 g/mol. The summed E-state index contributed by atoms with van der Waals surface area (Å²) in [6.07, 6.45) is 5.20. The van der Waals surface area contributed by atoms with Crippen LogP contribution in [-0.4, -0.2) is 50.6 Å². The van der Waals surface area contributed by atoms with Crippen molar-refractivity contribution in [2.45, 2.75) is 38.0 Å². The molecule has 2 N–H and O–H groups in total. The van der Waals surface area contributed by atoms with E-state index in [-0.39, 0.29) is 0 Å². The summed E-state index contributed by atoms with van der Waals surface area (Å²) < 4.78 is 0. The highest BCUT2D eigenvalue weighted by Crippen LogP contribution is 2.47. The third-order valence-electron chi connectivity index (χ3n) is 5.67. The van der Waals surface area contributed by atoms with E-state index in [2.05, 4.69) is 57.8 Å². The molecule has 1 aliphatic heterocycles. The number of benzene rings is 1. The Balaban J connectivity index is 1.46. The fraction of sp³-hybridized carbons (Fsp3) is 0.650. The van der Waals surface area contributed by atoms with Crippen molar-refractivity contribution >= 4 is 5.96 Å². The normalized spacial score (nSPS) is 23.8. The van der Waals surface area contributed by atoms with E-state index in [0.717, 1.165) is 25.0 Å². The number of nitrogens with one attached hydrogen (secondary N) is 2. The quantitative estimate of drug-likeness (QED) is 0.623. The summed E-state index contributed by atoms with van der Waals surface area (Å²) in [7, 11) is 1.87. The van der Waals surface area contributed by atoms with Crippen LogP contribution >= 0.6 is 0 Å². The first-order valence-corrected chi connectivity index (χ1v) is 9.48. The summed E-state index contributed by atoms with van der Waals surface area (Å²) in [5.41, 5.74) is 1.78. The van der Waals surface area contributed by atoms with Crippen molar-refractivity contribution in [3.8, 4) is 0 Å². The molecule has 4 nitrogen and oxygen atoms in total. The van der Waals surface area contributed by atoms with Crippen LogP contribution in [0.2, 0.25) is 0 Å². The Hall–Kier alpha value is -1.55. The van der Waals surface area contributed by atoms with Gasteiger partial charge in [0.25, 0.3) is 0 Å². The zero-order chi connectivity index (χ0) is 16.8. The maximum atomic E-state index is 4.42. The average Bonchev–Trinajstić information content (AvgIpc) is 3.44. The molecule has 1 saturated heterocycles. The number of nitrogens with zero attached hydrogens (tertiary/aromatic N) is 2. The lowest BCUT2D eigenvalue weighted by atomic mass is 9.96. The summed E-state index contributed by atoms with van der Waals surface area (Å²) in [4.78, 5) is 6.97. The van der Waals surface area contributed by atoms with Gasteiger partial charge in [0.05, 0.1) is 0 Å². The summed E-state index contributed by atoms with van der Waals surface area (Å²) in [5, 5.41) is 7.11. The number of aliphatic imine (C=N–C) groups is 1. The van der Waals surface area contributed by atoms with Gasteiger partial charge in [0.2, 0.25) is 0 Å². The molecule has 2 aliphatic rings. The first-order valence-electron chi connectivity index (χ1n) is 9.48. The largest absolute Gasteiger partial charge is 0.356 e. The predicted molar refractivity (Wildman–Crippen MR) is 102 cm³/mol. The number of likely N-dealkylation sites (tertiary alicyclic amines) is 1. The van der Waals surface area contributed by atoms with Crippen LogP contribution in [0.5, 0.6) is 0 Å². The fourth-order valence-electron chi connectivity index (χ4n) is 3.83. The standard InChI is InChI=1S/C20H32N4/c1-3-24-13-7-8-17(15-24)14-22-19(21-2)23-16-20(11-12-20)18-9-5-4-6-10-18/h4-6,9-10,17H,3,7-8,11-16H2,1-2H3,(H2,21,22,23). The van der Waals surface area contributed by atoms with Gasteiger partial charge in [0.15, 0.2) is 5.96 Å². The van der Waals surface area contributed by atoms with E-state index in [0.29, 0.717) is 5.41 Å². The second-order valence-corrected chi connectivity index (χ2v) is 7.35. The van der Waals surface area contributed by atoms with E-state index < -0.39 is 0 Å². The molecule has 1 saturated carbocycles. The molecular formula is C20H32N4. The predicted octanol–water partition coefficient (Wildman–Crippen LogP) is 2.62. The van der Waals surface area contributed by atoms with Crippen molar-refractivity contribution in [3.05, 3.63) is 35.9 Å². The Labute approximate surface area is 146 Å². The van der Waals surface area contributed by atoms with Gasteiger partial charge in [-0.2, -0.15) is 0 Å². The van der Waals surface area contributed by atoms with E-state index >= 15 is 0 Å². The molecule has 1 atom stereocenters. The fourth-order valence-corrected chi connectivity index (χ4v) is 3.83. The van der Waals surface area contributed by atoms with Crippen molar-refractivity contribution < 1.29 is 0 Å². The van der Waals surface area contributed by atoms with Crippen LogP contribution in [0.3, 0.4) is 0 Å². The van der Waals surface area contributed by atoms with Gasteiger partial charge in [0, 0.05) is 32.1 Å². The smallest absolute Gasteiger partial charge is 0.191 e. The first kappa shape index (κ1) is 17.3. The molecule has 1 heterocycles. The van der Waals surface area contributed by atoms with Crippen LogP contribution < -0.4 is 10.6 Å². The molecule has 132 valence electrons. The molecule has 1 aliphatic carbocycles. The van der Waals surface area contributed by atoms with Crippen molar-refractivity contribution in [1.29, 1.82) is 0 Å². The van der Waals surface area contributed by atoms with Crippen molar-refractivity contribution in [2.75, 3.05) is 39.8 Å². The Morgan fingerprint density at radius 1 is 1.25 bits per heavy atom. The minimum atomic E-state index is 0.322. The zero-order valence-corrected chi connectivity index (χ0v) is 15.2. The van der Waals surface area contributed by atoms with E-state index in [9.17, 15) is 0 Å². The van der Waals surface area contributed by atoms with Crippen molar-refractivity contribution in [2.24, 2.45) is 10.9 Å². The van der Waals surface area contributed by atoms with Crippen molar-refractivity contribution in [1.82, 2.24) is 15.5 Å². The number of guanidine groups is 1. The van der Waals surface area contributed by atoms with E-state index in [1.54, 1.807) is 0 Å². The highest BCUT2D eigenvalue weighted by Gasteiger charge is 2.44. The molecule has 4 heteroatoms. The lowest BCUT2D eigenvalue weighted by Gasteiger charge is -2.32. The molecule has 3 rings (SSSR count). The van der Waals surface area contributed by atoms with E-state index in [1.165, 1.54) is 50.9 Å². The van der Waals surface area contributed by atoms with Crippen LogP contribution in [0.25, 0.3) is 0 Å². The van der Waals surface area contributed by atoms with Gasteiger partial charge in [-0.3, -0.25) is 4.99 Å². The molecule has 1 aromatic rings. The molecule has 0 bridgehead atoms. The minimum Gasteiger partial charge on any atom is -0.356 e. The van der Waals surface area contributed by atoms with Crippen LogP contribution in [0.1, 0.15) is 38.2 Å². The Morgan fingerprint density at radius 2 is 2.04 bits per heavy atom. The van der Waals surface area contributed by atoms with Gasteiger partial charge in [-0.15, -0.1) is 0 Å².